The Kier molecular flexibility index (Phi) is 8.32. The van der Waals surface area contributed by atoms with Crippen molar-refractivity contribution in [3.8, 4) is 17.0 Å². The summed E-state index contributed by atoms with van der Waals surface area (Å²) in [6.07, 6.45) is -3.79. The molecule has 4 atom stereocenters. The zero-order chi connectivity index (χ0) is 35.3. The van der Waals surface area contributed by atoms with Gasteiger partial charge in [-0.05, 0) is 35.4 Å². The topological polar surface area (TPSA) is 223 Å². The van der Waals surface area contributed by atoms with Gasteiger partial charge in [0.15, 0.2) is 17.4 Å². The van der Waals surface area contributed by atoms with Crippen LogP contribution in [0.15, 0.2) is 83.9 Å². The number of hydrogen-bond acceptors (Lipinski definition) is 12. The summed E-state index contributed by atoms with van der Waals surface area (Å²) in [7, 11) is 1.53. The monoisotopic (exact) mass is 683 g/mol. The van der Waals surface area contributed by atoms with Crippen molar-refractivity contribution in [2.45, 2.75) is 37.5 Å². The maximum Gasteiger partial charge on any atom is 0.287 e. The summed E-state index contributed by atoms with van der Waals surface area (Å²) in [6, 6.07) is 19.0. The van der Waals surface area contributed by atoms with Gasteiger partial charge in [-0.3, -0.25) is 29.6 Å². The van der Waals surface area contributed by atoms with Crippen molar-refractivity contribution in [1.82, 2.24) is 23.5 Å². The van der Waals surface area contributed by atoms with E-state index >= 15 is 0 Å². The molecule has 0 radical (unpaired) electrons. The maximum absolute atomic E-state index is 14.5. The minimum atomic E-state index is -1.47. The van der Waals surface area contributed by atoms with Gasteiger partial charge in [-0.2, -0.15) is 4.98 Å². The minimum absolute atomic E-state index is 0.0375. The largest absolute Gasteiger partial charge is 0.497 e. The lowest BCUT2D eigenvalue weighted by Gasteiger charge is -2.16. The third kappa shape index (κ3) is 5.53. The lowest BCUT2D eigenvalue weighted by atomic mass is 10.0. The molecule has 17 heteroatoms. The Morgan fingerprint density at radius 1 is 0.900 bits per heavy atom. The molecule has 0 aliphatic carbocycles. The molecule has 50 heavy (non-hydrogen) atoms. The molecule has 0 saturated carbocycles. The van der Waals surface area contributed by atoms with E-state index in [1.165, 1.54) is 46.7 Å². The van der Waals surface area contributed by atoms with E-state index in [0.29, 0.717) is 33.8 Å². The number of methoxy groups -OCH3 is 1. The van der Waals surface area contributed by atoms with Gasteiger partial charge in [0.1, 0.15) is 24.1 Å². The number of benzene rings is 3. The number of nitro benzene ring substituents is 2. The average Bonchev–Trinajstić information content (AvgIpc) is 3.77. The van der Waals surface area contributed by atoms with Crippen LogP contribution in [0.2, 0.25) is 0 Å². The Hall–Kier alpha value is -6.01. The first-order valence-electron chi connectivity index (χ1n) is 15.3. The number of fused-ring (bicyclic) bond motifs is 2. The molecule has 3 N–H and O–H groups in total. The molecule has 1 fully saturated rings. The predicted octanol–water partition coefficient (Wildman–Crippen LogP) is 2.59. The number of aliphatic hydroxyl groups excluding tert-OH is 3. The van der Waals surface area contributed by atoms with Crippen LogP contribution in [-0.2, 0) is 17.7 Å². The maximum atomic E-state index is 14.5. The molecule has 0 amide bonds. The standard InChI is InChI=1S/C33H29N7O10/c1-49-23-12-6-20(7-13-23)27-24(14-18-2-8-21(9-3-18)39(45)46)38-31(44)26-30(37(17-34-26)32-29(43)28(42)25(16-41)50-32)35-33(38)36(27)15-19-4-10-22(11-5-19)40(47)48/h2-13,17,25,28-29,32,41-43H,14-16H2,1H3/t25-,28-,29-,32-/m1/s1. The second kappa shape index (κ2) is 12.8. The number of aromatic nitrogens is 5. The number of aliphatic hydroxyl groups is 3. The second-order valence-electron chi connectivity index (χ2n) is 11.7. The first kappa shape index (κ1) is 32.5. The molecule has 7 rings (SSSR count). The Morgan fingerprint density at radius 3 is 2.08 bits per heavy atom. The highest BCUT2D eigenvalue weighted by Gasteiger charge is 2.44. The quantitative estimate of drug-likeness (QED) is 0.140. The molecular formula is C33H29N7O10. The lowest BCUT2D eigenvalue weighted by molar-refractivity contribution is -0.385. The molecule has 256 valence electrons. The van der Waals surface area contributed by atoms with Crippen LogP contribution in [0.4, 0.5) is 11.4 Å². The van der Waals surface area contributed by atoms with Crippen molar-refractivity contribution < 1.29 is 34.6 Å². The molecule has 1 aliphatic rings. The van der Waals surface area contributed by atoms with Gasteiger partial charge in [0.2, 0.25) is 5.78 Å². The Morgan fingerprint density at radius 2 is 1.52 bits per heavy atom. The summed E-state index contributed by atoms with van der Waals surface area (Å²) in [4.78, 5) is 45.4. The Balaban J connectivity index is 1.50. The molecule has 3 aromatic carbocycles. The highest BCUT2D eigenvalue weighted by molar-refractivity contribution is 5.76. The number of non-ortho nitro benzene ring substituents is 2. The van der Waals surface area contributed by atoms with E-state index in [9.17, 15) is 40.3 Å². The first-order chi connectivity index (χ1) is 24.1. The summed E-state index contributed by atoms with van der Waals surface area (Å²) in [5.74, 6) is 0.735. The van der Waals surface area contributed by atoms with Crippen molar-refractivity contribution in [2.75, 3.05) is 13.7 Å². The summed E-state index contributed by atoms with van der Waals surface area (Å²) in [5, 5.41) is 53.6. The van der Waals surface area contributed by atoms with Crippen LogP contribution in [-0.4, -0.2) is 80.7 Å². The van der Waals surface area contributed by atoms with Crippen LogP contribution in [0.25, 0.3) is 28.2 Å². The van der Waals surface area contributed by atoms with E-state index in [0.717, 1.165) is 0 Å². The number of nitrogens with zero attached hydrogens (tertiary/aromatic N) is 7. The van der Waals surface area contributed by atoms with Crippen LogP contribution < -0.4 is 10.3 Å². The van der Waals surface area contributed by atoms with Crippen molar-refractivity contribution in [2.24, 2.45) is 0 Å². The molecule has 3 aromatic heterocycles. The second-order valence-corrected chi connectivity index (χ2v) is 11.7. The smallest absolute Gasteiger partial charge is 0.287 e. The fourth-order valence-corrected chi connectivity index (χ4v) is 6.26. The number of imidazole rings is 2. The molecule has 0 bridgehead atoms. The van der Waals surface area contributed by atoms with Crippen LogP contribution in [0.5, 0.6) is 5.75 Å². The summed E-state index contributed by atoms with van der Waals surface area (Å²) >= 11 is 0. The Labute approximate surface area is 281 Å². The SMILES string of the molecule is COc1ccc(-c2c(Cc3ccc([N+](=O)[O-])cc3)n3c(=O)c4ncn([C@@H]5O[C@H](CO)[C@@H](O)[C@H]5O)c4nc3n2Cc2ccc([N+](=O)[O-])cc2)cc1. The van der Waals surface area contributed by atoms with Gasteiger partial charge in [-0.15, -0.1) is 0 Å². The Bertz CT molecular complexity index is 2300. The normalized spacial score (nSPS) is 19.0. The fourth-order valence-electron chi connectivity index (χ4n) is 6.26. The number of hydrogen-bond donors (Lipinski definition) is 3. The van der Waals surface area contributed by atoms with Crippen molar-refractivity contribution in [3.63, 3.8) is 0 Å². The van der Waals surface area contributed by atoms with E-state index in [-0.39, 0.29) is 41.3 Å². The molecule has 4 heterocycles. The van der Waals surface area contributed by atoms with Crippen LogP contribution >= 0.6 is 0 Å². The number of ether oxygens (including phenoxy) is 2. The van der Waals surface area contributed by atoms with E-state index in [2.05, 4.69) is 4.98 Å². The van der Waals surface area contributed by atoms with Gasteiger partial charge in [0, 0.05) is 36.2 Å². The molecule has 0 spiro atoms. The van der Waals surface area contributed by atoms with Gasteiger partial charge < -0.3 is 29.4 Å². The average molecular weight is 684 g/mol. The van der Waals surface area contributed by atoms with Crippen molar-refractivity contribution in [1.29, 1.82) is 0 Å². The highest BCUT2D eigenvalue weighted by Crippen LogP contribution is 2.34. The summed E-state index contributed by atoms with van der Waals surface area (Å²) in [5.41, 5.74) is 2.21. The van der Waals surface area contributed by atoms with E-state index in [4.69, 9.17) is 14.5 Å². The van der Waals surface area contributed by atoms with Crippen molar-refractivity contribution >= 4 is 28.3 Å². The van der Waals surface area contributed by atoms with Gasteiger partial charge >= 0.3 is 0 Å². The minimum Gasteiger partial charge on any atom is -0.497 e. The molecule has 0 unspecified atom stereocenters. The van der Waals surface area contributed by atoms with Crippen molar-refractivity contribution in [3.05, 3.63) is 127 Å². The van der Waals surface area contributed by atoms with Gasteiger partial charge in [0.25, 0.3) is 16.9 Å². The summed E-state index contributed by atoms with van der Waals surface area (Å²) < 4.78 is 15.6. The molecule has 1 aliphatic heterocycles. The van der Waals surface area contributed by atoms with Gasteiger partial charge in [-0.25, -0.2) is 9.38 Å². The fraction of sp³-hybridized carbons (Fsp3) is 0.242. The van der Waals surface area contributed by atoms with E-state index in [1.54, 1.807) is 53.1 Å². The van der Waals surface area contributed by atoms with E-state index in [1.807, 2.05) is 0 Å². The summed E-state index contributed by atoms with van der Waals surface area (Å²) in [6.45, 7) is -0.458. The van der Waals surface area contributed by atoms with Crippen LogP contribution in [0, 0.1) is 20.2 Å². The molecular weight excluding hydrogens is 654 g/mol. The molecule has 1 saturated heterocycles. The number of rotatable bonds is 10. The zero-order valence-corrected chi connectivity index (χ0v) is 26.3. The highest BCUT2D eigenvalue weighted by atomic mass is 16.6. The molecule has 17 nitrogen and oxygen atoms in total. The molecule has 6 aromatic rings. The third-order valence-corrected chi connectivity index (χ3v) is 8.80. The van der Waals surface area contributed by atoms with E-state index < -0.39 is 46.6 Å². The predicted molar refractivity (Wildman–Crippen MR) is 176 cm³/mol. The first-order valence-corrected chi connectivity index (χ1v) is 15.3. The van der Waals surface area contributed by atoms with Gasteiger partial charge in [-0.1, -0.05) is 24.3 Å². The van der Waals surface area contributed by atoms with Crippen LogP contribution in [0.1, 0.15) is 23.0 Å². The third-order valence-electron chi connectivity index (χ3n) is 8.80. The lowest BCUT2D eigenvalue weighted by Crippen LogP contribution is -2.33. The van der Waals surface area contributed by atoms with Crippen LogP contribution in [0.3, 0.4) is 0 Å². The number of nitro groups is 2. The van der Waals surface area contributed by atoms with Gasteiger partial charge in [0.05, 0.1) is 47.8 Å². The zero-order valence-electron chi connectivity index (χ0n) is 26.3.